The largest absolute Gasteiger partial charge is 0.308 e. The van der Waals surface area contributed by atoms with Crippen molar-refractivity contribution in [1.29, 1.82) is 0 Å². The van der Waals surface area contributed by atoms with E-state index >= 15 is 0 Å². The highest BCUT2D eigenvalue weighted by atomic mass is 15.1. The van der Waals surface area contributed by atoms with Crippen molar-refractivity contribution in [2.45, 2.75) is 0 Å². The van der Waals surface area contributed by atoms with Crippen LogP contribution in [0.15, 0.2) is 158 Å². The molecule has 5 aromatic carbocycles. The number of aromatic nitrogens is 6. The van der Waals surface area contributed by atoms with Crippen LogP contribution in [0.2, 0.25) is 0 Å². The first-order valence-electron chi connectivity index (χ1n) is 15.2. The molecule has 216 valence electrons. The summed E-state index contributed by atoms with van der Waals surface area (Å²) >= 11 is 0. The molecule has 0 unspecified atom stereocenters. The number of hydrogen-bond acceptors (Lipinski definition) is 4. The average Bonchev–Trinajstić information content (AvgIpc) is 3.71. The van der Waals surface area contributed by atoms with Gasteiger partial charge in [0, 0.05) is 45.4 Å². The van der Waals surface area contributed by atoms with Crippen molar-refractivity contribution >= 4 is 27.5 Å². The van der Waals surface area contributed by atoms with Gasteiger partial charge < -0.3 is 8.97 Å². The molecule has 0 bridgehead atoms. The van der Waals surface area contributed by atoms with Crippen LogP contribution in [0.1, 0.15) is 0 Å². The molecule has 0 fully saturated rings. The molecular weight excluding hydrogens is 564 g/mol. The molecule has 0 amide bonds. The molecule has 6 heteroatoms. The molecule has 0 aliphatic heterocycles. The molecule has 46 heavy (non-hydrogen) atoms. The van der Waals surface area contributed by atoms with E-state index in [9.17, 15) is 0 Å². The van der Waals surface area contributed by atoms with Crippen LogP contribution >= 0.6 is 0 Å². The van der Waals surface area contributed by atoms with Gasteiger partial charge in [0.25, 0.3) is 0 Å². The third-order valence-electron chi connectivity index (χ3n) is 8.42. The van der Waals surface area contributed by atoms with Crippen molar-refractivity contribution in [3.63, 3.8) is 0 Å². The van der Waals surface area contributed by atoms with Gasteiger partial charge in [0.1, 0.15) is 5.65 Å². The summed E-state index contributed by atoms with van der Waals surface area (Å²) in [5.41, 5.74) is 8.88. The predicted molar refractivity (Wildman–Crippen MR) is 185 cm³/mol. The molecular formula is C40H26N6. The second-order valence-electron chi connectivity index (χ2n) is 11.2. The summed E-state index contributed by atoms with van der Waals surface area (Å²) in [5.74, 6) is 1.89. The highest BCUT2D eigenvalue weighted by Crippen LogP contribution is 2.37. The summed E-state index contributed by atoms with van der Waals surface area (Å²) in [4.78, 5) is 20.0. The summed E-state index contributed by atoms with van der Waals surface area (Å²) in [6, 6.07) is 49.8. The zero-order chi connectivity index (χ0) is 30.5. The Hall–Kier alpha value is -6.40. The number of hydrogen-bond donors (Lipinski definition) is 0. The molecule has 0 aliphatic carbocycles. The Kier molecular flexibility index (Phi) is 6.03. The molecule has 9 rings (SSSR count). The first-order valence-corrected chi connectivity index (χ1v) is 15.2. The van der Waals surface area contributed by atoms with E-state index in [0.717, 1.165) is 50.3 Å². The normalized spacial score (nSPS) is 11.5. The Labute approximate surface area is 264 Å². The van der Waals surface area contributed by atoms with Gasteiger partial charge in [-0.15, -0.1) is 0 Å². The second-order valence-corrected chi connectivity index (χ2v) is 11.2. The minimum Gasteiger partial charge on any atom is -0.308 e. The summed E-state index contributed by atoms with van der Waals surface area (Å²) in [6.07, 6.45) is 4.11. The molecule has 4 heterocycles. The lowest BCUT2D eigenvalue weighted by Gasteiger charge is -2.14. The van der Waals surface area contributed by atoms with E-state index in [4.69, 9.17) is 19.9 Å². The van der Waals surface area contributed by atoms with E-state index in [2.05, 4.69) is 75.8 Å². The number of imidazole rings is 1. The third kappa shape index (κ3) is 4.35. The maximum absolute atomic E-state index is 5.07. The van der Waals surface area contributed by atoms with E-state index in [-0.39, 0.29) is 0 Å². The molecule has 0 aliphatic rings. The molecule has 0 N–H and O–H groups in total. The van der Waals surface area contributed by atoms with Gasteiger partial charge in [0.15, 0.2) is 17.5 Å². The van der Waals surface area contributed by atoms with Crippen molar-refractivity contribution in [2.24, 2.45) is 0 Å². The molecule has 0 saturated heterocycles. The SMILES string of the molecule is c1ccc(-c2nc(-c3ccccc3)nc(-c3ccccc3-n3c4ccccc4c4ccc(-c5cn6ccccc6n5)cc43)n2)cc1. The van der Waals surface area contributed by atoms with Crippen LogP contribution < -0.4 is 0 Å². The van der Waals surface area contributed by atoms with Crippen LogP contribution in [0.5, 0.6) is 0 Å². The Morgan fingerprint density at radius 3 is 1.83 bits per heavy atom. The second kappa shape index (κ2) is 10.6. The minimum atomic E-state index is 0.616. The van der Waals surface area contributed by atoms with E-state index in [1.165, 1.54) is 10.8 Å². The number of fused-ring (bicyclic) bond motifs is 4. The molecule has 9 aromatic rings. The summed E-state index contributed by atoms with van der Waals surface area (Å²) in [5, 5.41) is 2.35. The Balaban J connectivity index is 1.29. The fourth-order valence-electron chi connectivity index (χ4n) is 6.25. The van der Waals surface area contributed by atoms with Gasteiger partial charge in [-0.1, -0.05) is 109 Å². The first-order chi connectivity index (χ1) is 22.8. The van der Waals surface area contributed by atoms with Crippen molar-refractivity contribution < 1.29 is 0 Å². The Morgan fingerprint density at radius 1 is 0.435 bits per heavy atom. The minimum absolute atomic E-state index is 0.616. The lowest BCUT2D eigenvalue weighted by Crippen LogP contribution is -2.03. The fraction of sp³-hybridized carbons (Fsp3) is 0. The monoisotopic (exact) mass is 590 g/mol. The van der Waals surface area contributed by atoms with Crippen LogP contribution in [-0.2, 0) is 0 Å². The number of nitrogens with zero attached hydrogens (tertiary/aromatic N) is 6. The van der Waals surface area contributed by atoms with Gasteiger partial charge in [0.05, 0.1) is 22.4 Å². The quantitative estimate of drug-likeness (QED) is 0.200. The predicted octanol–water partition coefficient (Wildman–Crippen LogP) is 9.28. The summed E-state index contributed by atoms with van der Waals surface area (Å²) in [7, 11) is 0. The lowest BCUT2D eigenvalue weighted by molar-refractivity contribution is 1.06. The van der Waals surface area contributed by atoms with Crippen molar-refractivity contribution in [3.05, 3.63) is 158 Å². The van der Waals surface area contributed by atoms with Crippen LogP contribution in [0.4, 0.5) is 0 Å². The number of rotatable bonds is 5. The first kappa shape index (κ1) is 26.0. The topological polar surface area (TPSA) is 60.9 Å². The number of benzene rings is 5. The molecule has 0 atom stereocenters. The van der Waals surface area contributed by atoms with Gasteiger partial charge in [-0.25, -0.2) is 19.9 Å². The molecule has 0 saturated carbocycles. The fourth-order valence-corrected chi connectivity index (χ4v) is 6.25. The van der Waals surface area contributed by atoms with Crippen LogP contribution in [0, 0.1) is 0 Å². The van der Waals surface area contributed by atoms with Gasteiger partial charge >= 0.3 is 0 Å². The lowest BCUT2D eigenvalue weighted by atomic mass is 10.1. The smallest absolute Gasteiger partial charge is 0.166 e. The Bertz CT molecular complexity index is 2440. The zero-order valence-corrected chi connectivity index (χ0v) is 24.7. The highest BCUT2D eigenvalue weighted by Gasteiger charge is 2.19. The van der Waals surface area contributed by atoms with E-state index in [1.54, 1.807) is 0 Å². The van der Waals surface area contributed by atoms with Gasteiger partial charge in [-0.3, -0.25) is 0 Å². The Morgan fingerprint density at radius 2 is 1.07 bits per heavy atom. The zero-order valence-electron chi connectivity index (χ0n) is 24.7. The van der Waals surface area contributed by atoms with Crippen molar-refractivity contribution in [2.75, 3.05) is 0 Å². The maximum Gasteiger partial charge on any atom is 0.166 e. The number of para-hydroxylation sites is 2. The van der Waals surface area contributed by atoms with E-state index in [0.29, 0.717) is 17.5 Å². The van der Waals surface area contributed by atoms with Gasteiger partial charge in [-0.05, 0) is 36.4 Å². The number of pyridine rings is 1. The third-order valence-corrected chi connectivity index (χ3v) is 8.42. The highest BCUT2D eigenvalue weighted by molar-refractivity contribution is 6.10. The van der Waals surface area contributed by atoms with Crippen molar-refractivity contribution in [3.8, 4) is 51.1 Å². The van der Waals surface area contributed by atoms with E-state index < -0.39 is 0 Å². The standard InChI is InChI=1S/C40H26N6/c1-3-13-27(14-4-1)38-42-39(28-15-5-2-6-16-28)44-40(43-38)32-18-8-10-20-35(32)46-34-19-9-7-17-30(34)31-23-22-29(25-36(31)46)33-26-45-24-12-11-21-37(45)41-33/h1-26H. The molecule has 4 aromatic heterocycles. The summed E-state index contributed by atoms with van der Waals surface area (Å²) < 4.78 is 4.38. The maximum atomic E-state index is 5.07. The van der Waals surface area contributed by atoms with Gasteiger partial charge in [-0.2, -0.15) is 0 Å². The molecule has 6 nitrogen and oxygen atoms in total. The van der Waals surface area contributed by atoms with Crippen LogP contribution in [0.25, 0.3) is 78.6 Å². The summed E-state index contributed by atoms with van der Waals surface area (Å²) in [6.45, 7) is 0. The van der Waals surface area contributed by atoms with Crippen molar-refractivity contribution in [1.82, 2.24) is 28.9 Å². The van der Waals surface area contributed by atoms with E-state index in [1.807, 2.05) is 91.1 Å². The average molecular weight is 591 g/mol. The van der Waals surface area contributed by atoms with Crippen LogP contribution in [-0.4, -0.2) is 28.9 Å². The molecule has 0 spiro atoms. The molecule has 0 radical (unpaired) electrons. The van der Waals surface area contributed by atoms with Gasteiger partial charge in [0.2, 0.25) is 0 Å². The van der Waals surface area contributed by atoms with Crippen LogP contribution in [0.3, 0.4) is 0 Å².